The van der Waals surface area contributed by atoms with E-state index in [1.54, 1.807) is 13.2 Å². The Morgan fingerprint density at radius 2 is 1.84 bits per heavy atom. The monoisotopic (exact) mass is 248 g/mol. The van der Waals surface area contributed by atoms with E-state index >= 15 is 0 Å². The molecule has 2 aromatic carbocycles. The molecule has 2 nitrogen and oxygen atoms in total. The van der Waals surface area contributed by atoms with Crippen LogP contribution in [0.1, 0.15) is 11.1 Å². The second-order valence-electron chi connectivity index (χ2n) is 3.83. The van der Waals surface area contributed by atoms with Crippen molar-refractivity contribution in [3.05, 3.63) is 65.7 Å². The Morgan fingerprint density at radius 3 is 2.53 bits per heavy atom. The molecule has 19 heavy (non-hydrogen) atoms. The molecule has 92 valence electrons. The summed E-state index contributed by atoms with van der Waals surface area (Å²) in [5, 5.41) is 0. The summed E-state index contributed by atoms with van der Waals surface area (Å²) in [4.78, 5) is 11.0. The first-order chi connectivity index (χ1) is 9.33. The number of hydrogen-bond donors (Lipinski definition) is 0. The predicted molar refractivity (Wildman–Crippen MR) is 75.4 cm³/mol. The molecule has 2 heteroatoms. The highest BCUT2D eigenvalue weighted by molar-refractivity contribution is 5.97. The fraction of sp³-hybridized carbons (Fsp3) is 0.0588. The predicted octanol–water partition coefficient (Wildman–Crippen LogP) is 2.96. The lowest BCUT2D eigenvalue weighted by molar-refractivity contribution is 0.414. The molecule has 0 aliphatic heterocycles. The molecule has 0 aliphatic carbocycles. The summed E-state index contributed by atoms with van der Waals surface area (Å²) in [6.45, 7) is 0. The molecular weight excluding hydrogens is 236 g/mol. The summed E-state index contributed by atoms with van der Waals surface area (Å²) < 4.78 is 5.12. The average Bonchev–Trinajstić information content (AvgIpc) is 2.49. The summed E-state index contributed by atoms with van der Waals surface area (Å²) in [6.07, 6.45) is 0. The number of hydrogen-bond acceptors (Lipinski definition) is 2. The van der Waals surface area contributed by atoms with Gasteiger partial charge in [0.2, 0.25) is 0 Å². The highest BCUT2D eigenvalue weighted by atomic mass is 16.5. The maximum atomic E-state index is 11.0. The first-order valence-electron chi connectivity index (χ1n) is 5.80. The van der Waals surface area contributed by atoms with E-state index in [4.69, 9.17) is 4.74 Å². The Bertz CT molecular complexity index is 669. The number of methoxy groups -OCH3 is 1. The van der Waals surface area contributed by atoms with Crippen molar-refractivity contribution in [2.45, 2.75) is 0 Å². The molecule has 0 unspecified atom stereocenters. The van der Waals surface area contributed by atoms with E-state index in [1.165, 1.54) is 0 Å². The van der Waals surface area contributed by atoms with Gasteiger partial charge < -0.3 is 4.74 Å². The molecule has 0 fully saturated rings. The molecule has 0 bridgehead atoms. The zero-order chi connectivity index (χ0) is 13.5. The highest BCUT2D eigenvalue weighted by Crippen LogP contribution is 2.17. The Labute approximate surface area is 112 Å². The van der Waals surface area contributed by atoms with E-state index in [-0.39, 0.29) is 0 Å². The second-order valence-corrected chi connectivity index (χ2v) is 3.83. The lowest BCUT2D eigenvalue weighted by Gasteiger charge is -2.01. The summed E-state index contributed by atoms with van der Waals surface area (Å²) in [7, 11) is 1.58. The van der Waals surface area contributed by atoms with Gasteiger partial charge in [-0.25, -0.2) is 4.79 Å². The quantitative estimate of drug-likeness (QED) is 0.603. The number of rotatable bonds is 2. The van der Waals surface area contributed by atoms with E-state index in [0.29, 0.717) is 16.9 Å². The van der Waals surface area contributed by atoms with Gasteiger partial charge >= 0.3 is 0 Å². The number of benzene rings is 2. The largest absolute Gasteiger partial charge is 0.497 e. The minimum atomic E-state index is 0.322. The maximum absolute atomic E-state index is 11.0. The Hall–Kier alpha value is -2.75. The molecular formula is C17H12O2. The van der Waals surface area contributed by atoms with Crippen LogP contribution < -0.4 is 4.74 Å². The maximum Gasteiger partial charge on any atom is 0.142 e. The van der Waals surface area contributed by atoms with Gasteiger partial charge in [0.05, 0.1) is 7.11 Å². The Morgan fingerprint density at radius 1 is 1.05 bits per heavy atom. The first-order valence-corrected chi connectivity index (χ1v) is 5.80. The summed E-state index contributed by atoms with van der Waals surface area (Å²) in [5.74, 6) is 8.35. The summed E-state index contributed by atoms with van der Waals surface area (Å²) in [5.41, 5.74) is 1.89. The van der Waals surface area contributed by atoms with Crippen LogP contribution in [0.25, 0.3) is 5.57 Å². The van der Waals surface area contributed by atoms with Gasteiger partial charge in [-0.05, 0) is 30.2 Å². The van der Waals surface area contributed by atoms with Gasteiger partial charge in [-0.15, -0.1) is 0 Å². The zero-order valence-electron chi connectivity index (χ0n) is 10.5. The minimum absolute atomic E-state index is 0.322. The third kappa shape index (κ3) is 3.35. The van der Waals surface area contributed by atoms with E-state index in [0.717, 1.165) is 5.56 Å². The van der Waals surface area contributed by atoms with E-state index < -0.39 is 0 Å². The first kappa shape index (κ1) is 12.7. The third-order valence-electron chi connectivity index (χ3n) is 2.57. The van der Waals surface area contributed by atoms with Gasteiger partial charge in [-0.3, -0.25) is 0 Å². The van der Waals surface area contributed by atoms with Crippen LogP contribution in [0.2, 0.25) is 0 Å². The molecule has 0 atom stereocenters. The molecule has 0 aliphatic rings. The van der Waals surface area contributed by atoms with Crippen LogP contribution in [0.15, 0.2) is 54.6 Å². The molecule has 0 amide bonds. The number of allylic oxidation sites excluding steroid dienone is 1. The molecule has 0 saturated heterocycles. The van der Waals surface area contributed by atoms with Crippen LogP contribution in [0.5, 0.6) is 5.75 Å². The van der Waals surface area contributed by atoms with Crippen molar-refractivity contribution in [2.24, 2.45) is 0 Å². The van der Waals surface area contributed by atoms with Crippen LogP contribution in [0, 0.1) is 11.8 Å². The Kier molecular flexibility index (Phi) is 4.18. The summed E-state index contributed by atoms with van der Waals surface area (Å²) >= 11 is 0. The number of ether oxygens (including phenoxy) is 1. The van der Waals surface area contributed by atoms with Crippen LogP contribution in [-0.4, -0.2) is 13.1 Å². The molecule has 2 aromatic rings. The molecule has 0 aromatic heterocycles. The molecule has 0 radical (unpaired) electrons. The fourth-order valence-corrected chi connectivity index (χ4v) is 1.59. The molecule has 0 heterocycles. The lowest BCUT2D eigenvalue weighted by Crippen LogP contribution is -1.86. The zero-order valence-corrected chi connectivity index (χ0v) is 10.5. The van der Waals surface area contributed by atoms with E-state index in [1.807, 2.05) is 54.5 Å². The lowest BCUT2D eigenvalue weighted by atomic mass is 10.1. The van der Waals surface area contributed by atoms with Crippen molar-refractivity contribution >= 4 is 11.5 Å². The molecule has 0 spiro atoms. The molecule has 0 N–H and O–H groups in total. The number of carbonyl (C=O) groups excluding carboxylic acids is 1. The van der Waals surface area contributed by atoms with Gasteiger partial charge in [0.25, 0.3) is 0 Å². The standard InChI is InChI=1S/C17H12O2/c1-19-17-9-5-8-15(12-17)16(13-18)11-10-14-6-3-2-4-7-14/h2-9,12H,1H3. The van der Waals surface area contributed by atoms with E-state index in [2.05, 4.69) is 11.8 Å². The SMILES string of the molecule is COc1cccc(C(=C=O)C#Cc2ccccc2)c1. The molecule has 0 saturated carbocycles. The summed E-state index contributed by atoms with van der Waals surface area (Å²) in [6, 6.07) is 16.7. The van der Waals surface area contributed by atoms with Crippen molar-refractivity contribution in [1.82, 2.24) is 0 Å². The molecule has 2 rings (SSSR count). The van der Waals surface area contributed by atoms with Crippen LogP contribution >= 0.6 is 0 Å². The van der Waals surface area contributed by atoms with Gasteiger partial charge in [0.15, 0.2) is 0 Å². The van der Waals surface area contributed by atoms with Gasteiger partial charge in [0, 0.05) is 11.1 Å². The Balaban J connectivity index is 2.32. The third-order valence-corrected chi connectivity index (χ3v) is 2.57. The van der Waals surface area contributed by atoms with Crippen molar-refractivity contribution < 1.29 is 9.53 Å². The normalized spacial score (nSPS) is 8.89. The van der Waals surface area contributed by atoms with Crippen molar-refractivity contribution in [1.29, 1.82) is 0 Å². The van der Waals surface area contributed by atoms with Crippen LogP contribution in [0.4, 0.5) is 0 Å². The average molecular weight is 248 g/mol. The second kappa shape index (κ2) is 6.26. The smallest absolute Gasteiger partial charge is 0.142 e. The van der Waals surface area contributed by atoms with Crippen molar-refractivity contribution in [3.8, 4) is 17.6 Å². The topological polar surface area (TPSA) is 26.3 Å². The van der Waals surface area contributed by atoms with Crippen molar-refractivity contribution in [3.63, 3.8) is 0 Å². The van der Waals surface area contributed by atoms with Gasteiger partial charge in [-0.2, -0.15) is 0 Å². The van der Waals surface area contributed by atoms with Crippen molar-refractivity contribution in [2.75, 3.05) is 7.11 Å². The van der Waals surface area contributed by atoms with E-state index in [9.17, 15) is 4.79 Å². The fourth-order valence-electron chi connectivity index (χ4n) is 1.59. The van der Waals surface area contributed by atoms with Gasteiger partial charge in [-0.1, -0.05) is 36.3 Å². The minimum Gasteiger partial charge on any atom is -0.497 e. The van der Waals surface area contributed by atoms with Crippen LogP contribution in [-0.2, 0) is 4.79 Å². The highest BCUT2D eigenvalue weighted by Gasteiger charge is 2.01. The van der Waals surface area contributed by atoms with Gasteiger partial charge in [0.1, 0.15) is 17.3 Å². The van der Waals surface area contributed by atoms with Crippen LogP contribution in [0.3, 0.4) is 0 Å².